The number of amides is 2. The number of aliphatic hydroxyl groups is 1. The van der Waals surface area contributed by atoms with Crippen molar-refractivity contribution in [3.05, 3.63) is 88.0 Å². The lowest BCUT2D eigenvalue weighted by atomic mass is 10.0. The molecule has 1 N–H and O–H groups in total. The molecule has 1 atom stereocenters. The highest BCUT2D eigenvalue weighted by molar-refractivity contribution is 6.11. The van der Waals surface area contributed by atoms with Crippen molar-refractivity contribution in [1.29, 1.82) is 0 Å². The third-order valence-corrected chi connectivity index (χ3v) is 8.03. The molecule has 7 heteroatoms. The van der Waals surface area contributed by atoms with Crippen LogP contribution in [0.4, 0.5) is 5.69 Å². The van der Waals surface area contributed by atoms with Crippen LogP contribution in [-0.4, -0.2) is 35.0 Å². The Morgan fingerprint density at radius 3 is 2.42 bits per heavy atom. The summed E-state index contributed by atoms with van der Waals surface area (Å²) in [5, 5.41) is 9.43. The molecule has 0 saturated heterocycles. The molecule has 0 aromatic heterocycles. The lowest BCUT2D eigenvalue weighted by molar-refractivity contribution is 0.0766. The molecule has 0 spiro atoms. The Kier molecular flexibility index (Phi) is 6.32. The van der Waals surface area contributed by atoms with Gasteiger partial charge in [0.05, 0.1) is 25.9 Å². The second-order valence-electron chi connectivity index (χ2n) is 10.4. The van der Waals surface area contributed by atoms with Gasteiger partial charge >= 0.3 is 0 Å². The number of hydrogen-bond donors (Lipinski definition) is 1. The number of rotatable bonds is 7. The Morgan fingerprint density at radius 2 is 1.66 bits per heavy atom. The van der Waals surface area contributed by atoms with Crippen molar-refractivity contribution in [3.63, 3.8) is 0 Å². The van der Waals surface area contributed by atoms with Crippen LogP contribution in [0.15, 0.2) is 54.6 Å². The highest BCUT2D eigenvalue weighted by Crippen LogP contribution is 2.42. The van der Waals surface area contributed by atoms with E-state index in [1.165, 1.54) is 12.8 Å². The van der Waals surface area contributed by atoms with Crippen molar-refractivity contribution in [1.82, 2.24) is 4.90 Å². The van der Waals surface area contributed by atoms with Crippen molar-refractivity contribution in [3.8, 4) is 11.5 Å². The first-order valence-corrected chi connectivity index (χ1v) is 13.3. The van der Waals surface area contributed by atoms with Crippen molar-refractivity contribution in [2.24, 2.45) is 0 Å². The van der Waals surface area contributed by atoms with Gasteiger partial charge in [0, 0.05) is 36.0 Å². The van der Waals surface area contributed by atoms with Gasteiger partial charge in [-0.05, 0) is 79.1 Å². The first kappa shape index (κ1) is 24.5. The van der Waals surface area contributed by atoms with E-state index in [1.807, 2.05) is 60.4 Å². The molecule has 1 aliphatic carbocycles. The van der Waals surface area contributed by atoms with E-state index in [0.29, 0.717) is 35.7 Å². The van der Waals surface area contributed by atoms with E-state index in [-0.39, 0.29) is 30.6 Å². The molecule has 6 rings (SSSR count). The molecule has 1 unspecified atom stereocenters. The molecule has 3 aliphatic rings. The molecule has 0 bridgehead atoms. The molecule has 1 saturated carbocycles. The molecular formula is C31H32N2O5. The Morgan fingerprint density at radius 1 is 0.895 bits per heavy atom. The summed E-state index contributed by atoms with van der Waals surface area (Å²) in [6.45, 7) is 2.87. The molecule has 7 nitrogen and oxygen atoms in total. The van der Waals surface area contributed by atoms with E-state index in [2.05, 4.69) is 0 Å². The highest BCUT2D eigenvalue weighted by atomic mass is 16.5. The monoisotopic (exact) mass is 512 g/mol. The van der Waals surface area contributed by atoms with Crippen LogP contribution < -0.4 is 14.4 Å². The van der Waals surface area contributed by atoms with Gasteiger partial charge in [-0.25, -0.2) is 0 Å². The molecule has 2 aliphatic heterocycles. The van der Waals surface area contributed by atoms with E-state index in [1.54, 1.807) is 18.1 Å². The predicted molar refractivity (Wildman–Crippen MR) is 143 cm³/mol. The SMILES string of the molecule is COc1ccc(N2C(=O)c3cc(CN4Cc5ccc(CO)cc5C4=O)ccc3C2C)cc1OC1CCCC1. The number of methoxy groups -OCH3 is 1. The number of hydrogen-bond acceptors (Lipinski definition) is 5. The van der Waals surface area contributed by atoms with E-state index < -0.39 is 0 Å². The van der Waals surface area contributed by atoms with Gasteiger partial charge in [-0.3, -0.25) is 9.59 Å². The summed E-state index contributed by atoms with van der Waals surface area (Å²) in [4.78, 5) is 30.3. The minimum atomic E-state index is -0.131. The molecular weight excluding hydrogens is 480 g/mol. The average molecular weight is 513 g/mol. The molecule has 196 valence electrons. The smallest absolute Gasteiger partial charge is 0.259 e. The summed E-state index contributed by atoms with van der Waals surface area (Å²) < 4.78 is 11.8. The molecule has 0 radical (unpaired) electrons. The Balaban J connectivity index is 1.23. The van der Waals surface area contributed by atoms with E-state index in [0.717, 1.165) is 40.8 Å². The first-order chi connectivity index (χ1) is 18.5. The van der Waals surface area contributed by atoms with Crippen LogP contribution in [0, 0.1) is 0 Å². The Hall–Kier alpha value is -3.84. The van der Waals surface area contributed by atoms with Crippen LogP contribution in [0.2, 0.25) is 0 Å². The fourth-order valence-corrected chi connectivity index (χ4v) is 5.98. The second-order valence-corrected chi connectivity index (χ2v) is 10.4. The van der Waals surface area contributed by atoms with Gasteiger partial charge in [0.2, 0.25) is 0 Å². The summed E-state index contributed by atoms with van der Waals surface area (Å²) in [5.74, 6) is 1.23. The minimum absolute atomic E-state index is 0.0508. The summed E-state index contributed by atoms with van der Waals surface area (Å²) in [6.07, 6.45) is 4.59. The van der Waals surface area contributed by atoms with Crippen LogP contribution >= 0.6 is 0 Å². The van der Waals surface area contributed by atoms with Crippen molar-refractivity contribution in [2.45, 2.75) is 64.4 Å². The Bertz CT molecular complexity index is 1410. The second kappa shape index (κ2) is 9.80. The van der Waals surface area contributed by atoms with Gasteiger partial charge in [-0.1, -0.05) is 24.3 Å². The van der Waals surface area contributed by atoms with Crippen LogP contribution in [0.25, 0.3) is 0 Å². The minimum Gasteiger partial charge on any atom is -0.493 e. The molecule has 38 heavy (non-hydrogen) atoms. The highest BCUT2D eigenvalue weighted by Gasteiger charge is 2.36. The zero-order valence-corrected chi connectivity index (χ0v) is 21.8. The standard InChI is InChI=1S/C31H32N2O5/c1-19-25-11-8-20(16-32-17-22-9-7-21(18-34)14-26(22)30(32)35)13-27(25)31(36)33(19)23-10-12-28(37-2)29(15-23)38-24-5-3-4-6-24/h7-15,19,24,34H,3-6,16-18H2,1-2H3. The van der Waals surface area contributed by atoms with Crippen molar-refractivity contribution >= 4 is 17.5 Å². The third-order valence-electron chi connectivity index (χ3n) is 8.03. The lowest BCUT2D eigenvalue weighted by Crippen LogP contribution is -2.26. The zero-order chi connectivity index (χ0) is 26.4. The molecule has 2 heterocycles. The largest absolute Gasteiger partial charge is 0.493 e. The third kappa shape index (κ3) is 4.21. The number of carbonyl (C=O) groups is 2. The van der Waals surface area contributed by atoms with Gasteiger partial charge in [0.1, 0.15) is 0 Å². The van der Waals surface area contributed by atoms with Crippen LogP contribution in [-0.2, 0) is 19.7 Å². The molecule has 1 fully saturated rings. The number of carbonyl (C=O) groups excluding carboxylic acids is 2. The van der Waals surface area contributed by atoms with E-state index in [4.69, 9.17) is 9.47 Å². The predicted octanol–water partition coefficient (Wildman–Crippen LogP) is 5.39. The Labute approximate surface area is 222 Å². The van der Waals surface area contributed by atoms with E-state index in [9.17, 15) is 14.7 Å². The quantitative estimate of drug-likeness (QED) is 0.459. The molecule has 2 amide bonds. The van der Waals surface area contributed by atoms with Crippen molar-refractivity contribution in [2.75, 3.05) is 12.0 Å². The lowest BCUT2D eigenvalue weighted by Gasteiger charge is -2.24. The number of aliphatic hydroxyl groups excluding tert-OH is 1. The number of anilines is 1. The zero-order valence-electron chi connectivity index (χ0n) is 21.8. The summed E-state index contributed by atoms with van der Waals surface area (Å²) >= 11 is 0. The fourth-order valence-electron chi connectivity index (χ4n) is 5.98. The van der Waals surface area contributed by atoms with Gasteiger partial charge in [-0.15, -0.1) is 0 Å². The summed E-state index contributed by atoms with van der Waals surface area (Å²) in [5.41, 5.74) is 5.65. The van der Waals surface area contributed by atoms with Crippen LogP contribution in [0.1, 0.15) is 81.6 Å². The molecule has 3 aromatic carbocycles. The van der Waals surface area contributed by atoms with Gasteiger partial charge in [0.25, 0.3) is 11.8 Å². The molecule has 3 aromatic rings. The first-order valence-electron chi connectivity index (χ1n) is 13.3. The summed E-state index contributed by atoms with van der Waals surface area (Å²) in [6, 6.07) is 17.0. The van der Waals surface area contributed by atoms with Gasteiger partial charge in [-0.2, -0.15) is 0 Å². The topological polar surface area (TPSA) is 79.3 Å². The van der Waals surface area contributed by atoms with Gasteiger partial charge in [0.15, 0.2) is 11.5 Å². The maximum absolute atomic E-state index is 13.7. The maximum Gasteiger partial charge on any atom is 0.259 e. The van der Waals surface area contributed by atoms with Crippen LogP contribution in [0.3, 0.4) is 0 Å². The van der Waals surface area contributed by atoms with Crippen molar-refractivity contribution < 1.29 is 24.2 Å². The number of benzene rings is 3. The van der Waals surface area contributed by atoms with E-state index >= 15 is 0 Å². The average Bonchev–Trinajstić information content (AvgIpc) is 3.62. The van der Waals surface area contributed by atoms with Gasteiger partial charge < -0.3 is 24.4 Å². The fraction of sp³-hybridized carbons (Fsp3) is 0.355. The maximum atomic E-state index is 13.7. The summed E-state index contributed by atoms with van der Waals surface area (Å²) in [7, 11) is 1.63. The number of ether oxygens (including phenoxy) is 2. The number of fused-ring (bicyclic) bond motifs is 2. The van der Waals surface area contributed by atoms with Crippen LogP contribution in [0.5, 0.6) is 11.5 Å². The normalized spacial score (nSPS) is 18.8. The number of nitrogens with zero attached hydrogens (tertiary/aromatic N) is 2.